The standard InChI is InChI=1S/C41H57NO7/c1-25(2)30-10-8-29(9-11-30)23-46-42-26(3)34-14-15-35-33-13-12-31-22-32(18-20-40(31,6)36(33)19-21-41(34,35)7)48-39-17-16-37(47-28(5)44)38(49-39)24-45-27(4)43/h8-12,16-17,25,32-39H,13-15,18-24H2,1-7H3/b42-26+/t32?,33?,34-,35?,36?,37+,38-,39?,40+,41-/m1/s1. The van der Waals surface area contributed by atoms with Gasteiger partial charge in [-0.05, 0) is 116 Å². The Hall–Kier alpha value is -2.97. The first-order valence-corrected chi connectivity index (χ1v) is 18.6. The number of hydrogen-bond donors (Lipinski definition) is 0. The molecular formula is C41H57NO7. The Morgan fingerprint density at radius 3 is 2.45 bits per heavy atom. The minimum absolute atomic E-state index is 0.000729. The van der Waals surface area contributed by atoms with Crippen LogP contribution in [0.2, 0.25) is 0 Å². The van der Waals surface area contributed by atoms with E-state index in [2.05, 4.69) is 65.0 Å². The fraction of sp³-hybridized carbons (Fsp3) is 0.683. The lowest BCUT2D eigenvalue weighted by Crippen LogP contribution is -2.51. The highest BCUT2D eigenvalue weighted by Gasteiger charge is 2.59. The molecule has 5 aliphatic rings. The Bertz CT molecular complexity index is 1450. The number of fused-ring (bicyclic) bond motifs is 5. The van der Waals surface area contributed by atoms with Crippen LogP contribution < -0.4 is 0 Å². The molecule has 49 heavy (non-hydrogen) atoms. The van der Waals surface area contributed by atoms with Crippen molar-refractivity contribution in [3.05, 3.63) is 59.2 Å². The topological polar surface area (TPSA) is 92.7 Å². The van der Waals surface area contributed by atoms with Gasteiger partial charge in [0.1, 0.15) is 25.4 Å². The summed E-state index contributed by atoms with van der Waals surface area (Å²) in [6.45, 7) is 14.9. The molecule has 0 bridgehead atoms. The summed E-state index contributed by atoms with van der Waals surface area (Å²) in [6.07, 6.45) is 13.5. The van der Waals surface area contributed by atoms with Crippen molar-refractivity contribution in [1.82, 2.24) is 0 Å². The normalized spacial score (nSPS) is 37.1. The van der Waals surface area contributed by atoms with Crippen LogP contribution in [-0.2, 0) is 40.0 Å². The fourth-order valence-electron chi connectivity index (χ4n) is 10.2. The third-order valence-electron chi connectivity index (χ3n) is 12.9. The molecule has 268 valence electrons. The first kappa shape index (κ1) is 35.8. The van der Waals surface area contributed by atoms with Gasteiger partial charge < -0.3 is 23.8 Å². The Kier molecular flexibility index (Phi) is 10.8. The largest absolute Gasteiger partial charge is 0.463 e. The van der Waals surface area contributed by atoms with Gasteiger partial charge in [-0.3, -0.25) is 9.59 Å². The van der Waals surface area contributed by atoms with Crippen LogP contribution >= 0.6 is 0 Å². The zero-order valence-electron chi connectivity index (χ0n) is 30.6. The lowest BCUT2D eigenvalue weighted by molar-refractivity contribution is -0.213. The van der Waals surface area contributed by atoms with E-state index in [4.69, 9.17) is 28.9 Å². The van der Waals surface area contributed by atoms with Crippen molar-refractivity contribution in [1.29, 1.82) is 0 Å². The van der Waals surface area contributed by atoms with E-state index in [1.165, 1.54) is 45.1 Å². The van der Waals surface area contributed by atoms with Crippen molar-refractivity contribution >= 4 is 17.7 Å². The molecule has 8 nitrogen and oxygen atoms in total. The minimum atomic E-state index is -0.619. The Labute approximate surface area is 293 Å². The number of carbonyl (C=O) groups is 2. The van der Waals surface area contributed by atoms with E-state index in [1.54, 1.807) is 11.6 Å². The van der Waals surface area contributed by atoms with E-state index >= 15 is 0 Å². The molecule has 0 N–H and O–H groups in total. The summed E-state index contributed by atoms with van der Waals surface area (Å²) in [5, 5.41) is 4.71. The van der Waals surface area contributed by atoms with Crippen LogP contribution in [-0.4, -0.2) is 48.9 Å². The highest BCUT2D eigenvalue weighted by Crippen LogP contribution is 2.66. The molecule has 10 atom stereocenters. The number of hydrogen-bond acceptors (Lipinski definition) is 8. The van der Waals surface area contributed by atoms with E-state index in [0.717, 1.165) is 37.0 Å². The minimum Gasteiger partial charge on any atom is -0.463 e. The number of allylic oxidation sites excluding steroid dienone is 1. The van der Waals surface area contributed by atoms with Gasteiger partial charge in [-0.15, -0.1) is 0 Å². The van der Waals surface area contributed by atoms with Crippen LogP contribution in [0.4, 0.5) is 0 Å². The number of ether oxygens (including phenoxy) is 4. The van der Waals surface area contributed by atoms with Gasteiger partial charge in [-0.25, -0.2) is 0 Å². The van der Waals surface area contributed by atoms with Gasteiger partial charge in [-0.2, -0.15) is 0 Å². The van der Waals surface area contributed by atoms with E-state index in [1.807, 2.05) is 6.08 Å². The number of nitrogens with zero attached hydrogens (tertiary/aromatic N) is 1. The lowest BCUT2D eigenvalue weighted by Gasteiger charge is -2.58. The second-order valence-electron chi connectivity index (χ2n) is 16.1. The molecule has 0 aromatic heterocycles. The number of rotatable bonds is 10. The van der Waals surface area contributed by atoms with Crippen molar-refractivity contribution in [2.24, 2.45) is 39.7 Å². The summed E-state index contributed by atoms with van der Waals surface area (Å²) >= 11 is 0. The predicted octanol–water partition coefficient (Wildman–Crippen LogP) is 8.44. The first-order valence-electron chi connectivity index (χ1n) is 18.6. The molecule has 3 saturated carbocycles. The lowest BCUT2D eigenvalue weighted by atomic mass is 9.47. The molecule has 0 spiro atoms. The van der Waals surface area contributed by atoms with Gasteiger partial charge >= 0.3 is 11.9 Å². The summed E-state index contributed by atoms with van der Waals surface area (Å²) in [7, 11) is 0. The zero-order chi connectivity index (χ0) is 34.9. The maximum atomic E-state index is 11.6. The first-order chi connectivity index (χ1) is 23.4. The average molecular weight is 676 g/mol. The van der Waals surface area contributed by atoms with E-state index in [-0.39, 0.29) is 23.5 Å². The zero-order valence-corrected chi connectivity index (χ0v) is 30.6. The molecule has 0 saturated heterocycles. The average Bonchev–Trinajstić information content (AvgIpc) is 3.42. The number of esters is 2. The molecule has 1 aliphatic heterocycles. The van der Waals surface area contributed by atoms with Crippen LogP contribution in [0.1, 0.15) is 117 Å². The highest BCUT2D eigenvalue weighted by atomic mass is 16.7. The second kappa shape index (κ2) is 14.7. The Morgan fingerprint density at radius 2 is 1.73 bits per heavy atom. The monoisotopic (exact) mass is 675 g/mol. The Morgan fingerprint density at radius 1 is 0.959 bits per heavy atom. The maximum absolute atomic E-state index is 11.6. The number of carbonyl (C=O) groups excluding carboxylic acids is 2. The second-order valence-corrected chi connectivity index (χ2v) is 16.1. The van der Waals surface area contributed by atoms with Gasteiger partial charge in [0.2, 0.25) is 0 Å². The van der Waals surface area contributed by atoms with Gasteiger partial charge in [0.15, 0.2) is 6.29 Å². The van der Waals surface area contributed by atoms with Crippen LogP contribution in [0.5, 0.6) is 0 Å². The van der Waals surface area contributed by atoms with Gasteiger partial charge in [-0.1, -0.05) is 68.8 Å². The molecule has 4 aliphatic carbocycles. The summed E-state index contributed by atoms with van der Waals surface area (Å²) in [5.74, 6) is 2.28. The van der Waals surface area contributed by atoms with Gasteiger partial charge in [0.25, 0.3) is 0 Å². The van der Waals surface area contributed by atoms with Crippen molar-refractivity contribution in [2.75, 3.05) is 6.61 Å². The highest BCUT2D eigenvalue weighted by molar-refractivity contribution is 5.85. The van der Waals surface area contributed by atoms with Crippen molar-refractivity contribution in [3.63, 3.8) is 0 Å². The van der Waals surface area contributed by atoms with Crippen molar-refractivity contribution in [3.8, 4) is 0 Å². The van der Waals surface area contributed by atoms with Crippen molar-refractivity contribution < 1.29 is 33.4 Å². The van der Waals surface area contributed by atoms with Crippen molar-refractivity contribution in [2.45, 2.75) is 137 Å². The van der Waals surface area contributed by atoms with E-state index in [0.29, 0.717) is 36.2 Å². The smallest absolute Gasteiger partial charge is 0.303 e. The summed E-state index contributed by atoms with van der Waals surface area (Å²) in [4.78, 5) is 29.0. The molecule has 1 aromatic carbocycles. The SMILES string of the molecule is CC(=O)OC[C@H]1OC(OC2CC[C@@]3(C)C(=CCC4C3CC[C@@]3(C)C4CC[C@@H]3/C(C)=N/OCc3ccc(C(C)C)cc3)C2)C=C[C@@H]1OC(C)=O. The third-order valence-corrected chi connectivity index (χ3v) is 12.9. The maximum Gasteiger partial charge on any atom is 0.303 e. The summed E-state index contributed by atoms with van der Waals surface area (Å²) < 4.78 is 23.2. The van der Waals surface area contributed by atoms with Gasteiger partial charge in [0, 0.05) is 19.8 Å². The van der Waals surface area contributed by atoms with Crippen LogP contribution in [0.3, 0.4) is 0 Å². The van der Waals surface area contributed by atoms with Crippen LogP contribution in [0, 0.1) is 34.5 Å². The molecular weight excluding hydrogens is 618 g/mol. The fourth-order valence-corrected chi connectivity index (χ4v) is 10.2. The molecule has 0 radical (unpaired) electrons. The van der Waals surface area contributed by atoms with Crippen LogP contribution in [0.15, 0.2) is 53.2 Å². The van der Waals surface area contributed by atoms with E-state index in [9.17, 15) is 9.59 Å². The molecule has 3 fully saturated rings. The number of oxime groups is 1. The van der Waals surface area contributed by atoms with Gasteiger partial charge in [0.05, 0.1) is 11.8 Å². The van der Waals surface area contributed by atoms with E-state index < -0.39 is 30.4 Å². The molecule has 8 heteroatoms. The van der Waals surface area contributed by atoms with Crippen LogP contribution in [0.25, 0.3) is 0 Å². The molecule has 1 heterocycles. The third kappa shape index (κ3) is 7.56. The molecule has 0 amide bonds. The molecule has 6 rings (SSSR count). The molecule has 5 unspecified atom stereocenters. The quantitative estimate of drug-likeness (QED) is 0.106. The summed E-state index contributed by atoms with van der Waals surface area (Å²) in [5.41, 5.74) is 5.67. The number of benzene rings is 1. The molecule has 1 aromatic rings. The predicted molar refractivity (Wildman–Crippen MR) is 188 cm³/mol. The Balaban J connectivity index is 1.07. The summed E-state index contributed by atoms with van der Waals surface area (Å²) in [6, 6.07) is 8.71.